The van der Waals surface area contributed by atoms with Crippen molar-refractivity contribution in [3.63, 3.8) is 0 Å². The number of aromatic nitrogens is 6. The van der Waals surface area contributed by atoms with Crippen LogP contribution in [0.3, 0.4) is 0 Å². The predicted octanol–water partition coefficient (Wildman–Crippen LogP) is 0.208. The van der Waals surface area contributed by atoms with Gasteiger partial charge in [0, 0.05) is 0 Å². The van der Waals surface area contributed by atoms with E-state index in [4.69, 9.17) is 0 Å². The number of hydrogen-bond acceptors (Lipinski definition) is 6. The van der Waals surface area contributed by atoms with E-state index in [1.807, 2.05) is 0 Å². The lowest BCUT2D eigenvalue weighted by molar-refractivity contribution is 0.420. The molecule has 0 bridgehead atoms. The van der Waals surface area contributed by atoms with Crippen LogP contribution in [0.15, 0.2) is 58.1 Å². The van der Waals surface area contributed by atoms with Gasteiger partial charge in [0.25, 0.3) is 11.1 Å². The van der Waals surface area contributed by atoms with Crippen molar-refractivity contribution in [3.05, 3.63) is 69.2 Å². The molecule has 2 aromatic carbocycles. The van der Waals surface area contributed by atoms with Gasteiger partial charge >= 0.3 is 0 Å². The molecule has 0 aliphatic heterocycles. The summed E-state index contributed by atoms with van der Waals surface area (Å²) in [6.45, 7) is 0. The molecule has 0 saturated carbocycles. The van der Waals surface area contributed by atoms with Gasteiger partial charge in [-0.3, -0.25) is 9.59 Å². The molecular formula is C14H8N6O2. The van der Waals surface area contributed by atoms with Crippen LogP contribution in [0.4, 0.5) is 0 Å². The van der Waals surface area contributed by atoms with Gasteiger partial charge in [-0.15, -0.1) is 10.2 Å². The highest BCUT2D eigenvalue weighted by molar-refractivity contribution is 5.77. The van der Waals surface area contributed by atoms with Crippen molar-refractivity contribution in [3.8, 4) is 0 Å². The minimum atomic E-state index is -0.489. The van der Waals surface area contributed by atoms with Crippen molar-refractivity contribution in [2.45, 2.75) is 0 Å². The number of benzene rings is 2. The molecule has 0 fully saturated rings. The van der Waals surface area contributed by atoms with Gasteiger partial charge in [-0.05, 0) is 34.7 Å². The Bertz CT molecular complexity index is 1040. The second-order valence-corrected chi connectivity index (χ2v) is 4.60. The van der Waals surface area contributed by atoms with E-state index in [1.54, 1.807) is 48.5 Å². The summed E-state index contributed by atoms with van der Waals surface area (Å²) in [6, 6.07) is 13.5. The molecule has 0 atom stereocenters. The van der Waals surface area contributed by atoms with E-state index in [9.17, 15) is 9.59 Å². The molecule has 0 amide bonds. The normalized spacial score (nSPS) is 11.1. The van der Waals surface area contributed by atoms with Gasteiger partial charge in [0.15, 0.2) is 0 Å². The number of nitrogens with zero attached hydrogens (tertiary/aromatic N) is 6. The Morgan fingerprint density at radius 3 is 1.50 bits per heavy atom. The SMILES string of the molecule is O=c1c2ccccc2nnn1-n1nnc2ccccc2c1=O. The minimum Gasteiger partial charge on any atom is -0.265 e. The summed E-state index contributed by atoms with van der Waals surface area (Å²) in [5, 5.41) is 16.1. The molecule has 4 rings (SSSR count). The first-order chi connectivity index (χ1) is 10.8. The lowest BCUT2D eigenvalue weighted by Crippen LogP contribution is -2.39. The molecule has 8 heteroatoms. The Morgan fingerprint density at radius 1 is 0.636 bits per heavy atom. The van der Waals surface area contributed by atoms with Crippen molar-refractivity contribution in [1.29, 1.82) is 0 Å². The van der Waals surface area contributed by atoms with Crippen molar-refractivity contribution >= 4 is 21.8 Å². The van der Waals surface area contributed by atoms with Crippen molar-refractivity contribution in [2.24, 2.45) is 0 Å². The third-order valence-electron chi connectivity index (χ3n) is 3.29. The predicted molar refractivity (Wildman–Crippen MR) is 78.4 cm³/mol. The average Bonchev–Trinajstić information content (AvgIpc) is 2.57. The highest BCUT2D eigenvalue weighted by Crippen LogP contribution is 2.04. The molecule has 0 spiro atoms. The Balaban J connectivity index is 2.08. The molecule has 0 saturated heterocycles. The summed E-state index contributed by atoms with van der Waals surface area (Å²) in [5.74, 6) is 0. The van der Waals surface area contributed by atoms with Crippen LogP contribution >= 0.6 is 0 Å². The summed E-state index contributed by atoms with van der Waals surface area (Å²) in [6.07, 6.45) is 0. The van der Waals surface area contributed by atoms with Crippen LogP contribution in [0.25, 0.3) is 21.8 Å². The fourth-order valence-electron chi connectivity index (χ4n) is 2.21. The van der Waals surface area contributed by atoms with E-state index in [-0.39, 0.29) is 0 Å². The summed E-state index contributed by atoms with van der Waals surface area (Å²) in [5.41, 5.74) is -0.0781. The molecule has 2 aromatic heterocycles. The number of fused-ring (bicyclic) bond motifs is 2. The fourth-order valence-corrected chi connectivity index (χ4v) is 2.21. The Labute approximate surface area is 122 Å². The topological polar surface area (TPSA) is 95.6 Å². The third kappa shape index (κ3) is 1.71. The molecule has 8 nitrogen and oxygen atoms in total. The van der Waals surface area contributed by atoms with E-state index < -0.39 is 11.1 Å². The van der Waals surface area contributed by atoms with E-state index in [0.717, 1.165) is 9.58 Å². The third-order valence-corrected chi connectivity index (χ3v) is 3.29. The number of rotatable bonds is 1. The first-order valence-corrected chi connectivity index (χ1v) is 6.46. The van der Waals surface area contributed by atoms with Crippen LogP contribution in [0, 0.1) is 0 Å². The summed E-state index contributed by atoms with van der Waals surface area (Å²) in [4.78, 5) is 26.5. The molecule has 106 valence electrons. The van der Waals surface area contributed by atoms with Gasteiger partial charge in [0.05, 0.1) is 10.8 Å². The van der Waals surface area contributed by atoms with E-state index in [1.165, 1.54) is 0 Å². The van der Waals surface area contributed by atoms with Crippen LogP contribution in [-0.2, 0) is 0 Å². The van der Waals surface area contributed by atoms with Gasteiger partial charge < -0.3 is 0 Å². The van der Waals surface area contributed by atoms with Gasteiger partial charge in [-0.1, -0.05) is 33.8 Å². The maximum Gasteiger partial charge on any atom is 0.299 e. The lowest BCUT2D eigenvalue weighted by atomic mass is 10.2. The molecule has 0 radical (unpaired) electrons. The highest BCUT2D eigenvalue weighted by atomic mass is 16.2. The largest absolute Gasteiger partial charge is 0.299 e. The summed E-state index contributed by atoms with van der Waals surface area (Å²) in [7, 11) is 0. The Kier molecular flexibility index (Phi) is 2.55. The second kappa shape index (κ2) is 4.55. The molecule has 0 unspecified atom stereocenters. The zero-order valence-corrected chi connectivity index (χ0v) is 11.1. The molecule has 2 heterocycles. The minimum absolute atomic E-state index is 0.347. The standard InChI is InChI=1S/C14H8N6O2/c21-13-9-5-1-3-7-11(9)15-17-19(13)20-14(22)10-6-2-4-8-12(10)16-18-20/h1-8H. The molecule has 22 heavy (non-hydrogen) atoms. The van der Waals surface area contributed by atoms with Crippen molar-refractivity contribution in [2.75, 3.05) is 0 Å². The van der Waals surface area contributed by atoms with Gasteiger partial charge in [-0.2, -0.15) is 0 Å². The molecule has 4 aromatic rings. The number of hydrogen-bond donors (Lipinski definition) is 0. The van der Waals surface area contributed by atoms with Crippen LogP contribution in [0.1, 0.15) is 0 Å². The zero-order chi connectivity index (χ0) is 15.1. The van der Waals surface area contributed by atoms with Crippen molar-refractivity contribution < 1.29 is 0 Å². The maximum absolute atomic E-state index is 12.5. The summed E-state index contributed by atoms with van der Waals surface area (Å²) >= 11 is 0. The van der Waals surface area contributed by atoms with Crippen LogP contribution < -0.4 is 11.1 Å². The molecule has 0 N–H and O–H groups in total. The van der Waals surface area contributed by atoms with E-state index in [0.29, 0.717) is 21.8 Å². The first-order valence-electron chi connectivity index (χ1n) is 6.46. The van der Waals surface area contributed by atoms with Gasteiger partial charge in [0.2, 0.25) is 0 Å². The summed E-state index contributed by atoms with van der Waals surface area (Å²) < 4.78 is 0. The van der Waals surface area contributed by atoms with Crippen LogP contribution in [-0.4, -0.2) is 30.2 Å². The van der Waals surface area contributed by atoms with E-state index in [2.05, 4.69) is 20.6 Å². The monoisotopic (exact) mass is 292 g/mol. The van der Waals surface area contributed by atoms with Gasteiger partial charge in [-0.25, -0.2) is 0 Å². The quantitative estimate of drug-likeness (QED) is 0.497. The maximum atomic E-state index is 12.5. The second-order valence-electron chi connectivity index (χ2n) is 4.60. The fraction of sp³-hybridized carbons (Fsp3) is 0. The Hall–Kier alpha value is -3.42. The first kappa shape index (κ1) is 12.3. The highest BCUT2D eigenvalue weighted by Gasteiger charge is 2.11. The average molecular weight is 292 g/mol. The molecule has 0 aliphatic carbocycles. The lowest BCUT2D eigenvalue weighted by Gasteiger charge is -2.05. The van der Waals surface area contributed by atoms with Crippen LogP contribution in [0.5, 0.6) is 0 Å². The van der Waals surface area contributed by atoms with Crippen molar-refractivity contribution in [1.82, 2.24) is 30.2 Å². The smallest absolute Gasteiger partial charge is 0.265 e. The van der Waals surface area contributed by atoms with Crippen LogP contribution in [0.2, 0.25) is 0 Å². The Morgan fingerprint density at radius 2 is 1.05 bits per heavy atom. The molecule has 0 aliphatic rings. The zero-order valence-electron chi connectivity index (χ0n) is 11.1. The molecular weight excluding hydrogens is 284 g/mol. The van der Waals surface area contributed by atoms with E-state index >= 15 is 0 Å². The van der Waals surface area contributed by atoms with Gasteiger partial charge in [0.1, 0.15) is 11.0 Å².